The maximum absolute atomic E-state index is 6.12. The van der Waals surface area contributed by atoms with Crippen LogP contribution in [0.3, 0.4) is 0 Å². The van der Waals surface area contributed by atoms with Gasteiger partial charge in [0.25, 0.3) is 17.3 Å². The molecule has 0 saturated heterocycles. The van der Waals surface area contributed by atoms with E-state index in [1.807, 2.05) is 34.9 Å². The molecule has 0 amide bonds. The summed E-state index contributed by atoms with van der Waals surface area (Å²) in [7, 11) is 0. The van der Waals surface area contributed by atoms with Crippen LogP contribution in [0, 0.1) is 0 Å². The minimum atomic E-state index is 0.344. The van der Waals surface area contributed by atoms with E-state index in [1.165, 1.54) is 0 Å². The lowest BCUT2D eigenvalue weighted by molar-refractivity contribution is 0.540. The van der Waals surface area contributed by atoms with Gasteiger partial charge in [0.1, 0.15) is 5.52 Å². The van der Waals surface area contributed by atoms with Crippen LogP contribution < -0.4 is 4.90 Å². The van der Waals surface area contributed by atoms with Gasteiger partial charge < -0.3 is 13.7 Å². The SMILES string of the molecule is CCCCN(CCCC)c1nc2oc(-c3nc4cccnc4n3-c3ccc(-c4ccccc4)cc3)nc2o1. The number of hydrogen-bond acceptors (Lipinski definition) is 7. The van der Waals surface area contributed by atoms with Gasteiger partial charge in [-0.2, -0.15) is 9.97 Å². The number of oxazole rings is 2. The van der Waals surface area contributed by atoms with E-state index in [4.69, 9.17) is 13.8 Å². The lowest BCUT2D eigenvalue weighted by Gasteiger charge is -2.19. The number of fused-ring (bicyclic) bond motifs is 2. The molecule has 0 atom stereocenters. The summed E-state index contributed by atoms with van der Waals surface area (Å²) in [5, 5.41) is 0. The molecular weight excluding hydrogens is 476 g/mol. The molecule has 0 aliphatic rings. The maximum atomic E-state index is 6.12. The van der Waals surface area contributed by atoms with Crippen molar-refractivity contribution in [3.05, 3.63) is 72.9 Å². The Balaban J connectivity index is 1.38. The second-order valence-corrected chi connectivity index (χ2v) is 9.35. The average Bonchev–Trinajstić information content (AvgIpc) is 3.65. The molecule has 0 spiro atoms. The smallest absolute Gasteiger partial charge is 0.302 e. The molecule has 0 aliphatic carbocycles. The van der Waals surface area contributed by atoms with E-state index in [1.54, 1.807) is 6.20 Å². The van der Waals surface area contributed by atoms with Crippen molar-refractivity contribution in [2.75, 3.05) is 18.0 Å². The summed E-state index contributed by atoms with van der Waals surface area (Å²) < 4.78 is 14.2. The third-order valence-electron chi connectivity index (χ3n) is 6.64. The van der Waals surface area contributed by atoms with Crippen LogP contribution in [-0.4, -0.2) is 37.6 Å². The van der Waals surface area contributed by atoms with Crippen LogP contribution in [0.5, 0.6) is 0 Å². The predicted molar refractivity (Wildman–Crippen MR) is 149 cm³/mol. The summed E-state index contributed by atoms with van der Waals surface area (Å²) in [4.78, 5) is 20.9. The topological polar surface area (TPSA) is 86.0 Å². The molecule has 0 aliphatic heterocycles. The Labute approximate surface area is 221 Å². The van der Waals surface area contributed by atoms with E-state index in [9.17, 15) is 0 Å². The van der Waals surface area contributed by atoms with E-state index in [0.29, 0.717) is 29.2 Å². The number of nitrogens with zero attached hydrogens (tertiary/aromatic N) is 6. The number of hydrogen-bond donors (Lipinski definition) is 0. The Kier molecular flexibility index (Phi) is 6.60. The summed E-state index contributed by atoms with van der Waals surface area (Å²) in [6, 6.07) is 23.0. The summed E-state index contributed by atoms with van der Waals surface area (Å²) in [5.74, 6) is 0.895. The van der Waals surface area contributed by atoms with Crippen molar-refractivity contribution < 1.29 is 8.83 Å². The van der Waals surface area contributed by atoms with Crippen molar-refractivity contribution in [3.63, 3.8) is 0 Å². The van der Waals surface area contributed by atoms with Crippen LogP contribution >= 0.6 is 0 Å². The Morgan fingerprint density at radius 2 is 1.45 bits per heavy atom. The highest BCUT2D eigenvalue weighted by molar-refractivity contribution is 5.80. The van der Waals surface area contributed by atoms with Gasteiger partial charge in [-0.05, 0) is 48.2 Å². The Bertz CT molecular complexity index is 1610. The number of benzene rings is 2. The maximum Gasteiger partial charge on any atom is 0.302 e. The Morgan fingerprint density at radius 1 is 0.737 bits per heavy atom. The summed E-state index contributed by atoms with van der Waals surface area (Å²) in [5.41, 5.74) is 5.43. The molecule has 0 unspecified atom stereocenters. The van der Waals surface area contributed by atoms with Gasteiger partial charge >= 0.3 is 6.01 Å². The highest BCUT2D eigenvalue weighted by Crippen LogP contribution is 2.32. The van der Waals surface area contributed by atoms with Crippen molar-refractivity contribution in [2.45, 2.75) is 39.5 Å². The number of rotatable bonds is 10. The minimum absolute atomic E-state index is 0.344. The van der Waals surface area contributed by atoms with Crippen LogP contribution in [0.15, 0.2) is 81.8 Å². The van der Waals surface area contributed by atoms with Crippen molar-refractivity contribution in [3.8, 4) is 28.5 Å². The first-order valence-corrected chi connectivity index (χ1v) is 13.3. The van der Waals surface area contributed by atoms with Crippen molar-refractivity contribution in [1.29, 1.82) is 0 Å². The van der Waals surface area contributed by atoms with Crippen molar-refractivity contribution in [2.24, 2.45) is 0 Å². The summed E-state index contributed by atoms with van der Waals surface area (Å²) in [6.07, 6.45) is 6.13. The molecule has 4 aromatic heterocycles. The van der Waals surface area contributed by atoms with E-state index in [2.05, 4.69) is 70.1 Å². The highest BCUT2D eigenvalue weighted by atomic mass is 16.4. The van der Waals surface area contributed by atoms with Gasteiger partial charge in [0.15, 0.2) is 5.65 Å². The van der Waals surface area contributed by atoms with Gasteiger partial charge in [0.05, 0.1) is 0 Å². The van der Waals surface area contributed by atoms with Crippen LogP contribution in [0.4, 0.5) is 6.01 Å². The lowest BCUT2D eigenvalue weighted by Crippen LogP contribution is -2.25. The third kappa shape index (κ3) is 4.53. The normalized spacial score (nSPS) is 11.5. The summed E-state index contributed by atoms with van der Waals surface area (Å²) in [6.45, 7) is 6.16. The van der Waals surface area contributed by atoms with Crippen LogP contribution in [0.1, 0.15) is 39.5 Å². The fourth-order valence-electron chi connectivity index (χ4n) is 4.60. The molecule has 8 nitrogen and oxygen atoms in total. The van der Waals surface area contributed by atoms with Crippen LogP contribution in [-0.2, 0) is 0 Å². The molecule has 0 radical (unpaired) electrons. The van der Waals surface area contributed by atoms with Crippen LogP contribution in [0.25, 0.3) is 51.1 Å². The Hall–Kier alpha value is -4.46. The first-order chi connectivity index (χ1) is 18.7. The number of unbranched alkanes of at least 4 members (excludes halogenated alkanes) is 2. The van der Waals surface area contributed by atoms with Gasteiger partial charge in [-0.1, -0.05) is 69.2 Å². The van der Waals surface area contributed by atoms with Crippen molar-refractivity contribution in [1.82, 2.24) is 24.5 Å². The molecule has 6 rings (SSSR count). The van der Waals surface area contributed by atoms with E-state index >= 15 is 0 Å². The zero-order valence-electron chi connectivity index (χ0n) is 21.7. The molecule has 192 valence electrons. The fourth-order valence-corrected chi connectivity index (χ4v) is 4.60. The highest BCUT2D eigenvalue weighted by Gasteiger charge is 2.24. The zero-order valence-corrected chi connectivity index (χ0v) is 21.7. The number of anilines is 1. The number of aromatic nitrogens is 5. The second kappa shape index (κ2) is 10.5. The first-order valence-electron chi connectivity index (χ1n) is 13.3. The van der Waals surface area contributed by atoms with Gasteiger partial charge in [0, 0.05) is 25.0 Å². The molecule has 0 N–H and O–H groups in total. The van der Waals surface area contributed by atoms with Crippen molar-refractivity contribution >= 4 is 28.6 Å². The fraction of sp³-hybridized carbons (Fsp3) is 0.267. The number of pyridine rings is 1. The molecule has 8 heteroatoms. The van der Waals surface area contributed by atoms with Gasteiger partial charge in [-0.15, -0.1) is 0 Å². The average molecular weight is 507 g/mol. The predicted octanol–water partition coefficient (Wildman–Crippen LogP) is 7.29. The largest absolute Gasteiger partial charge is 0.411 e. The second-order valence-electron chi connectivity index (χ2n) is 9.35. The molecule has 4 heterocycles. The first kappa shape index (κ1) is 23.9. The molecule has 0 fully saturated rings. The van der Waals surface area contributed by atoms with Gasteiger partial charge in [0.2, 0.25) is 5.82 Å². The molecule has 38 heavy (non-hydrogen) atoms. The van der Waals surface area contributed by atoms with Gasteiger partial charge in [-0.25, -0.2) is 9.97 Å². The van der Waals surface area contributed by atoms with Crippen LogP contribution in [0.2, 0.25) is 0 Å². The quantitative estimate of drug-likeness (QED) is 0.193. The third-order valence-corrected chi connectivity index (χ3v) is 6.64. The molecule has 0 bridgehead atoms. The zero-order chi connectivity index (χ0) is 25.9. The Morgan fingerprint density at radius 3 is 2.16 bits per heavy atom. The minimum Gasteiger partial charge on any atom is -0.411 e. The van der Waals surface area contributed by atoms with E-state index in [-0.39, 0.29) is 0 Å². The number of imidazole rings is 1. The molecular formula is C30H30N6O2. The standard InChI is InChI=1S/C30H30N6O2/c1-3-5-19-35(20-6-4-2)30-34-29-28(38-30)33-27(37-29)26-32-24-13-10-18-31-25(24)36(26)23-16-14-22(15-17-23)21-11-8-7-9-12-21/h7-18H,3-6,19-20H2,1-2H3. The summed E-state index contributed by atoms with van der Waals surface area (Å²) >= 11 is 0. The molecule has 2 aromatic carbocycles. The lowest BCUT2D eigenvalue weighted by atomic mass is 10.1. The van der Waals surface area contributed by atoms with E-state index in [0.717, 1.165) is 66.8 Å². The van der Waals surface area contributed by atoms with E-state index < -0.39 is 0 Å². The molecule has 6 aromatic rings. The van der Waals surface area contributed by atoms with Gasteiger partial charge in [-0.3, -0.25) is 4.57 Å². The monoisotopic (exact) mass is 506 g/mol. The molecule has 0 saturated carbocycles.